The minimum atomic E-state index is -3.54. The molecule has 27 heavy (non-hydrogen) atoms. The van der Waals surface area contributed by atoms with Crippen LogP contribution in [0.3, 0.4) is 0 Å². The van der Waals surface area contributed by atoms with Gasteiger partial charge in [0.05, 0.1) is 10.3 Å². The van der Waals surface area contributed by atoms with E-state index in [9.17, 15) is 17.6 Å². The van der Waals surface area contributed by atoms with Crippen LogP contribution in [-0.4, -0.2) is 20.9 Å². The van der Waals surface area contributed by atoms with Gasteiger partial charge in [0.25, 0.3) is 0 Å². The van der Waals surface area contributed by atoms with Crippen LogP contribution in [0.2, 0.25) is 0 Å². The van der Waals surface area contributed by atoms with E-state index in [-0.39, 0.29) is 16.6 Å². The number of benzene rings is 2. The van der Waals surface area contributed by atoms with Crippen molar-refractivity contribution in [3.63, 3.8) is 0 Å². The van der Waals surface area contributed by atoms with Crippen molar-refractivity contribution >= 4 is 21.6 Å². The van der Waals surface area contributed by atoms with Crippen LogP contribution in [0, 0.1) is 5.82 Å². The molecule has 144 valence electrons. The molecule has 2 N–H and O–H groups in total. The Kier molecular flexibility index (Phi) is 5.62. The Bertz CT molecular complexity index is 922. The Balaban J connectivity index is 1.76. The molecule has 0 aromatic heterocycles. The van der Waals surface area contributed by atoms with Crippen molar-refractivity contribution < 1.29 is 17.6 Å². The van der Waals surface area contributed by atoms with E-state index >= 15 is 0 Å². The van der Waals surface area contributed by atoms with Crippen molar-refractivity contribution in [1.29, 1.82) is 0 Å². The summed E-state index contributed by atoms with van der Waals surface area (Å²) in [4.78, 5) is 13.0. The molecule has 0 heterocycles. The minimum absolute atomic E-state index is 0.150. The number of carbonyl (C=O) groups is 1. The van der Waals surface area contributed by atoms with Gasteiger partial charge in [-0.1, -0.05) is 25.5 Å². The molecule has 1 saturated carbocycles. The lowest BCUT2D eigenvalue weighted by Crippen LogP contribution is -2.46. The Morgan fingerprint density at radius 1 is 1.15 bits per heavy atom. The predicted octanol–water partition coefficient (Wildman–Crippen LogP) is 3.57. The summed E-state index contributed by atoms with van der Waals surface area (Å²) in [6, 6.07) is 12.2. The molecule has 2 aromatic rings. The van der Waals surface area contributed by atoms with Gasteiger partial charge >= 0.3 is 0 Å². The molecular weight excluding hydrogens is 367 g/mol. The number of hydrogen-bond donors (Lipinski definition) is 2. The van der Waals surface area contributed by atoms with Gasteiger partial charge in [-0.2, -0.15) is 0 Å². The molecule has 5 nitrogen and oxygen atoms in total. The summed E-state index contributed by atoms with van der Waals surface area (Å²) in [5.41, 5.74) is 0.460. The maximum Gasteiger partial charge on any atom is 0.240 e. The van der Waals surface area contributed by atoms with Crippen LogP contribution in [0.1, 0.15) is 38.2 Å². The minimum Gasteiger partial charge on any atom is -0.325 e. The lowest BCUT2D eigenvalue weighted by molar-refractivity contribution is -0.124. The fourth-order valence-corrected chi connectivity index (χ4v) is 4.39. The molecule has 1 fully saturated rings. The number of anilines is 1. The Labute approximate surface area is 159 Å². The summed E-state index contributed by atoms with van der Waals surface area (Å²) in [7, 11) is -3.54. The van der Waals surface area contributed by atoms with Crippen LogP contribution in [0.25, 0.3) is 0 Å². The zero-order valence-electron chi connectivity index (χ0n) is 15.2. The highest BCUT2D eigenvalue weighted by molar-refractivity contribution is 7.89. The highest BCUT2D eigenvalue weighted by atomic mass is 32.2. The maximum absolute atomic E-state index is 13.6. The van der Waals surface area contributed by atoms with Crippen molar-refractivity contribution in [3.05, 3.63) is 59.9 Å². The van der Waals surface area contributed by atoms with Gasteiger partial charge in [-0.15, -0.1) is 0 Å². The molecule has 1 aliphatic rings. The summed E-state index contributed by atoms with van der Waals surface area (Å²) in [6.07, 6.45) is 2.94. The summed E-state index contributed by atoms with van der Waals surface area (Å²) < 4.78 is 40.3. The first kappa shape index (κ1) is 19.5. The molecule has 2 aromatic carbocycles. The number of sulfonamides is 1. The van der Waals surface area contributed by atoms with Crippen LogP contribution >= 0.6 is 0 Å². The molecule has 0 spiro atoms. The number of rotatable bonds is 7. The largest absolute Gasteiger partial charge is 0.325 e. The highest BCUT2D eigenvalue weighted by Gasteiger charge is 2.45. The second-order valence-corrected chi connectivity index (χ2v) is 8.59. The third kappa shape index (κ3) is 4.04. The van der Waals surface area contributed by atoms with Gasteiger partial charge in [0.1, 0.15) is 5.82 Å². The van der Waals surface area contributed by atoms with E-state index < -0.39 is 15.4 Å². The number of amides is 1. The SMILES string of the molecule is CCCNS(=O)(=O)c1ccc(NC(=O)C2(c3cccc(F)c3)CCC2)cc1. The van der Waals surface area contributed by atoms with E-state index in [1.54, 1.807) is 24.3 Å². The van der Waals surface area contributed by atoms with Gasteiger partial charge in [-0.25, -0.2) is 17.5 Å². The molecule has 0 radical (unpaired) electrons. The first-order chi connectivity index (χ1) is 12.9. The lowest BCUT2D eigenvalue weighted by Gasteiger charge is -2.40. The van der Waals surface area contributed by atoms with E-state index in [1.165, 1.54) is 24.3 Å². The molecule has 0 saturated heterocycles. The lowest BCUT2D eigenvalue weighted by atomic mass is 9.63. The Morgan fingerprint density at radius 3 is 2.41 bits per heavy atom. The molecule has 1 amide bonds. The molecule has 7 heteroatoms. The maximum atomic E-state index is 13.6. The first-order valence-corrected chi connectivity index (χ1v) is 10.5. The quantitative estimate of drug-likeness (QED) is 0.759. The Hall–Kier alpha value is -2.25. The van der Waals surface area contributed by atoms with Crippen molar-refractivity contribution in [2.75, 3.05) is 11.9 Å². The van der Waals surface area contributed by atoms with Gasteiger partial charge in [0.2, 0.25) is 15.9 Å². The molecule has 1 aliphatic carbocycles. The number of nitrogens with one attached hydrogen (secondary N) is 2. The molecule has 0 bridgehead atoms. The van der Waals surface area contributed by atoms with E-state index in [0.29, 0.717) is 37.1 Å². The van der Waals surface area contributed by atoms with Crippen molar-refractivity contribution in [1.82, 2.24) is 4.72 Å². The monoisotopic (exact) mass is 390 g/mol. The zero-order chi connectivity index (χ0) is 19.5. The van der Waals surface area contributed by atoms with Gasteiger partial charge in [0, 0.05) is 12.2 Å². The van der Waals surface area contributed by atoms with Gasteiger partial charge in [0.15, 0.2) is 0 Å². The highest BCUT2D eigenvalue weighted by Crippen LogP contribution is 2.44. The number of carbonyl (C=O) groups excluding carboxylic acids is 1. The standard InChI is InChI=1S/C20H23FN2O3S/c1-2-13-22-27(25,26)18-9-7-17(8-10-18)23-19(24)20(11-4-12-20)15-5-3-6-16(21)14-15/h3,5-10,14,22H,2,4,11-13H2,1H3,(H,23,24). The van der Waals surface area contributed by atoms with Gasteiger partial charge in [-0.3, -0.25) is 4.79 Å². The third-order valence-electron chi connectivity index (χ3n) is 4.98. The fourth-order valence-electron chi connectivity index (χ4n) is 3.25. The molecule has 0 aliphatic heterocycles. The second kappa shape index (κ2) is 7.78. The summed E-state index contributed by atoms with van der Waals surface area (Å²) in [6.45, 7) is 2.26. The fraction of sp³-hybridized carbons (Fsp3) is 0.350. The zero-order valence-corrected chi connectivity index (χ0v) is 16.0. The van der Waals surface area contributed by atoms with E-state index in [1.807, 2.05) is 6.92 Å². The summed E-state index contributed by atoms with van der Waals surface area (Å²) in [5.74, 6) is -0.556. The normalized spacial score (nSPS) is 15.8. The Morgan fingerprint density at radius 2 is 1.85 bits per heavy atom. The van der Waals surface area contributed by atoms with E-state index in [4.69, 9.17) is 0 Å². The predicted molar refractivity (Wildman–Crippen MR) is 102 cm³/mol. The van der Waals surface area contributed by atoms with Crippen LogP contribution < -0.4 is 10.0 Å². The summed E-state index contributed by atoms with van der Waals surface area (Å²) in [5, 5.41) is 2.85. The van der Waals surface area contributed by atoms with Crippen molar-refractivity contribution in [2.24, 2.45) is 0 Å². The van der Waals surface area contributed by atoms with E-state index in [0.717, 1.165) is 6.42 Å². The van der Waals surface area contributed by atoms with Crippen LogP contribution in [0.15, 0.2) is 53.4 Å². The van der Waals surface area contributed by atoms with Gasteiger partial charge in [-0.05, 0) is 61.2 Å². The third-order valence-corrected chi connectivity index (χ3v) is 6.46. The van der Waals surface area contributed by atoms with E-state index in [2.05, 4.69) is 10.0 Å². The summed E-state index contributed by atoms with van der Waals surface area (Å²) >= 11 is 0. The molecular formula is C20H23FN2O3S. The van der Waals surface area contributed by atoms with Crippen LogP contribution in [-0.2, 0) is 20.2 Å². The van der Waals surface area contributed by atoms with Crippen LogP contribution in [0.5, 0.6) is 0 Å². The first-order valence-electron chi connectivity index (χ1n) is 9.05. The number of hydrogen-bond acceptors (Lipinski definition) is 3. The number of halogens is 1. The molecule has 3 rings (SSSR count). The average Bonchev–Trinajstić information content (AvgIpc) is 2.60. The topological polar surface area (TPSA) is 75.3 Å². The average molecular weight is 390 g/mol. The second-order valence-electron chi connectivity index (χ2n) is 6.82. The van der Waals surface area contributed by atoms with Crippen molar-refractivity contribution in [2.45, 2.75) is 42.9 Å². The van der Waals surface area contributed by atoms with Crippen LogP contribution in [0.4, 0.5) is 10.1 Å². The molecule has 0 unspecified atom stereocenters. The van der Waals surface area contributed by atoms with Gasteiger partial charge < -0.3 is 5.32 Å². The van der Waals surface area contributed by atoms with Crippen molar-refractivity contribution in [3.8, 4) is 0 Å². The molecule has 0 atom stereocenters. The smallest absolute Gasteiger partial charge is 0.240 e.